The van der Waals surface area contributed by atoms with E-state index >= 15 is 0 Å². The molecule has 4 aliphatic heterocycles. The topological polar surface area (TPSA) is 45.9 Å². The molecule has 1 unspecified atom stereocenters. The fraction of sp³-hybridized carbons (Fsp3) is 0.471. The summed E-state index contributed by atoms with van der Waals surface area (Å²) in [5, 5.41) is 4.06. The molecule has 1 spiro atoms. The van der Waals surface area contributed by atoms with Crippen molar-refractivity contribution in [1.29, 1.82) is 0 Å². The number of carbonyl (C=O) groups excluding carboxylic acids is 1. The van der Waals surface area contributed by atoms with Crippen LogP contribution in [0.25, 0.3) is 11.3 Å². The molecule has 6 heterocycles. The lowest BCUT2D eigenvalue weighted by Crippen LogP contribution is -2.61. The average Bonchev–Trinajstić information content (AvgIpc) is 3.28. The number of anilines is 1. The Bertz CT molecular complexity index is 733. The number of thiophene rings is 1. The van der Waals surface area contributed by atoms with Crippen LogP contribution in [0.3, 0.4) is 0 Å². The lowest BCUT2D eigenvalue weighted by atomic mass is 9.75. The Hall–Kier alpha value is -1.79. The molecular formula is C17H18N2O3S. The summed E-state index contributed by atoms with van der Waals surface area (Å²) in [6.45, 7) is 3.72. The van der Waals surface area contributed by atoms with Gasteiger partial charge in [-0.05, 0) is 43.4 Å². The lowest BCUT2D eigenvalue weighted by Gasteiger charge is -2.49. The third-order valence-electron chi connectivity index (χ3n) is 5.42. The molecular weight excluding hydrogens is 312 g/mol. The van der Waals surface area contributed by atoms with E-state index in [2.05, 4.69) is 4.90 Å². The summed E-state index contributed by atoms with van der Waals surface area (Å²) < 4.78 is 11.8. The predicted octanol–water partition coefficient (Wildman–Crippen LogP) is 3.43. The van der Waals surface area contributed by atoms with Crippen LogP contribution in [0.15, 0.2) is 33.4 Å². The Balaban J connectivity index is 1.43. The van der Waals surface area contributed by atoms with Crippen molar-refractivity contribution < 1.29 is 13.9 Å². The monoisotopic (exact) mass is 330 g/mol. The molecule has 2 bridgehead atoms. The molecule has 6 rings (SSSR count). The van der Waals surface area contributed by atoms with Crippen molar-refractivity contribution in [2.24, 2.45) is 5.92 Å². The Morgan fingerprint density at radius 3 is 2.74 bits per heavy atom. The van der Waals surface area contributed by atoms with Gasteiger partial charge in [0.2, 0.25) is 5.88 Å². The highest BCUT2D eigenvalue weighted by Gasteiger charge is 2.56. The fourth-order valence-electron chi connectivity index (χ4n) is 4.21. The second kappa shape index (κ2) is 4.85. The minimum absolute atomic E-state index is 0.273. The van der Waals surface area contributed by atoms with E-state index in [1.54, 1.807) is 16.2 Å². The van der Waals surface area contributed by atoms with Crippen LogP contribution in [0, 0.1) is 5.92 Å². The summed E-state index contributed by atoms with van der Waals surface area (Å²) >= 11 is 1.63. The number of amides is 1. The second-order valence-electron chi connectivity index (χ2n) is 6.72. The Kier molecular flexibility index (Phi) is 2.87. The quantitative estimate of drug-likeness (QED) is 0.846. The Morgan fingerprint density at radius 1 is 1.17 bits per heavy atom. The molecule has 0 saturated carbocycles. The fourth-order valence-corrected chi connectivity index (χ4v) is 4.86. The largest absolute Gasteiger partial charge is 0.440 e. The molecule has 6 heteroatoms. The Morgan fingerprint density at radius 2 is 2.04 bits per heavy atom. The highest BCUT2D eigenvalue weighted by Crippen LogP contribution is 2.43. The molecule has 1 atom stereocenters. The molecule has 4 aliphatic rings. The highest BCUT2D eigenvalue weighted by molar-refractivity contribution is 7.08. The van der Waals surface area contributed by atoms with Gasteiger partial charge in [-0.3, -0.25) is 4.90 Å². The number of rotatable bonds is 2. The van der Waals surface area contributed by atoms with Crippen molar-refractivity contribution in [3.8, 4) is 11.3 Å². The molecule has 1 amide bonds. The van der Waals surface area contributed by atoms with Gasteiger partial charge >= 0.3 is 6.09 Å². The van der Waals surface area contributed by atoms with Crippen LogP contribution >= 0.6 is 11.3 Å². The second-order valence-corrected chi connectivity index (χ2v) is 7.50. The first-order chi connectivity index (χ1) is 11.2. The van der Waals surface area contributed by atoms with E-state index in [1.165, 1.54) is 0 Å². The lowest BCUT2D eigenvalue weighted by molar-refractivity contribution is -0.0881. The van der Waals surface area contributed by atoms with Gasteiger partial charge < -0.3 is 9.15 Å². The van der Waals surface area contributed by atoms with Crippen LogP contribution < -0.4 is 4.90 Å². The predicted molar refractivity (Wildman–Crippen MR) is 87.7 cm³/mol. The molecule has 0 N–H and O–H groups in total. The molecule has 2 aromatic rings. The van der Waals surface area contributed by atoms with Gasteiger partial charge in [0.15, 0.2) is 0 Å². The number of ether oxygens (including phenoxy) is 1. The van der Waals surface area contributed by atoms with Crippen LogP contribution in [-0.2, 0) is 4.74 Å². The normalized spacial score (nSPS) is 32.7. The van der Waals surface area contributed by atoms with Gasteiger partial charge in [-0.25, -0.2) is 9.69 Å². The summed E-state index contributed by atoms with van der Waals surface area (Å²) in [5.74, 6) is 1.86. The number of hydrogen-bond acceptors (Lipinski definition) is 5. The zero-order valence-electron chi connectivity index (χ0n) is 12.7. The van der Waals surface area contributed by atoms with Gasteiger partial charge in [-0.2, -0.15) is 11.3 Å². The average molecular weight is 330 g/mol. The van der Waals surface area contributed by atoms with Crippen LogP contribution in [-0.4, -0.2) is 42.8 Å². The summed E-state index contributed by atoms with van der Waals surface area (Å²) in [6.07, 6.45) is 1.98. The minimum atomic E-state index is -0.344. The first-order valence-corrected chi connectivity index (χ1v) is 9.03. The first kappa shape index (κ1) is 13.6. The van der Waals surface area contributed by atoms with Gasteiger partial charge in [-0.1, -0.05) is 0 Å². The van der Waals surface area contributed by atoms with Crippen molar-refractivity contribution in [3.63, 3.8) is 0 Å². The maximum absolute atomic E-state index is 12.4. The van der Waals surface area contributed by atoms with Gasteiger partial charge in [0.1, 0.15) is 11.4 Å². The number of nitrogens with zero attached hydrogens (tertiary/aromatic N) is 2. The Labute approximate surface area is 138 Å². The van der Waals surface area contributed by atoms with E-state index in [-0.39, 0.29) is 11.7 Å². The molecule has 4 saturated heterocycles. The molecule has 0 aromatic carbocycles. The molecule has 23 heavy (non-hydrogen) atoms. The van der Waals surface area contributed by atoms with Crippen molar-refractivity contribution in [3.05, 3.63) is 29.0 Å². The number of hydrogen-bond donors (Lipinski definition) is 0. The summed E-state index contributed by atoms with van der Waals surface area (Å²) in [5.41, 5.74) is 0.703. The van der Waals surface area contributed by atoms with E-state index < -0.39 is 0 Å². The molecule has 0 radical (unpaired) electrons. The van der Waals surface area contributed by atoms with Crippen molar-refractivity contribution >= 4 is 23.3 Å². The van der Waals surface area contributed by atoms with E-state index in [4.69, 9.17) is 9.15 Å². The molecule has 4 fully saturated rings. The van der Waals surface area contributed by atoms with Crippen LogP contribution in [0.1, 0.15) is 12.8 Å². The third kappa shape index (κ3) is 2.05. The third-order valence-corrected chi connectivity index (χ3v) is 6.11. The summed E-state index contributed by atoms with van der Waals surface area (Å²) in [6, 6.07) is 5.81. The van der Waals surface area contributed by atoms with Gasteiger partial charge in [0.05, 0.1) is 6.54 Å². The van der Waals surface area contributed by atoms with Crippen molar-refractivity contribution in [2.45, 2.75) is 18.4 Å². The zero-order valence-corrected chi connectivity index (χ0v) is 13.6. The van der Waals surface area contributed by atoms with E-state index in [0.717, 1.165) is 43.8 Å². The SMILES string of the molecule is O=C1OC2(CN3CCC2CC3)CN1c1ccc(-c2ccsc2)o1. The first-order valence-electron chi connectivity index (χ1n) is 8.09. The zero-order chi connectivity index (χ0) is 15.4. The standard InChI is InChI=1S/C17H18N2O3S/c20-16-19(15-2-1-14(21-15)12-5-8-23-9-12)11-17(22-16)10-18-6-3-13(17)4-7-18/h1-2,5,8-9,13H,3-4,6-7,10-11H2. The van der Waals surface area contributed by atoms with E-state index in [1.807, 2.05) is 29.0 Å². The molecule has 2 aromatic heterocycles. The summed E-state index contributed by atoms with van der Waals surface area (Å²) in [4.78, 5) is 16.5. The number of carbonyl (C=O) groups is 1. The van der Waals surface area contributed by atoms with Gasteiger partial charge in [0.25, 0.3) is 0 Å². The van der Waals surface area contributed by atoms with Crippen LogP contribution in [0.4, 0.5) is 10.7 Å². The smallest absolute Gasteiger partial charge is 0.417 e. The maximum atomic E-state index is 12.4. The highest BCUT2D eigenvalue weighted by atomic mass is 32.1. The van der Waals surface area contributed by atoms with Crippen molar-refractivity contribution in [2.75, 3.05) is 31.1 Å². The van der Waals surface area contributed by atoms with Crippen LogP contribution in [0.2, 0.25) is 0 Å². The maximum Gasteiger partial charge on any atom is 0.417 e. The van der Waals surface area contributed by atoms with Gasteiger partial charge in [-0.15, -0.1) is 0 Å². The number of furan rings is 1. The summed E-state index contributed by atoms with van der Waals surface area (Å²) in [7, 11) is 0. The molecule has 0 aliphatic carbocycles. The van der Waals surface area contributed by atoms with Gasteiger partial charge in [0, 0.05) is 29.5 Å². The molecule has 120 valence electrons. The minimum Gasteiger partial charge on any atom is -0.440 e. The molecule has 5 nitrogen and oxygen atoms in total. The van der Waals surface area contributed by atoms with E-state index in [0.29, 0.717) is 18.3 Å². The van der Waals surface area contributed by atoms with Crippen molar-refractivity contribution in [1.82, 2.24) is 4.90 Å². The number of fused-ring (bicyclic) bond motifs is 2. The van der Waals surface area contributed by atoms with E-state index in [9.17, 15) is 4.79 Å². The van der Waals surface area contributed by atoms with Crippen LogP contribution in [0.5, 0.6) is 0 Å². The number of piperidine rings is 3.